The van der Waals surface area contributed by atoms with Crippen molar-refractivity contribution in [2.45, 2.75) is 38.1 Å². The molecule has 1 atom stereocenters. The van der Waals surface area contributed by atoms with Gasteiger partial charge in [0.05, 0.1) is 0 Å². The van der Waals surface area contributed by atoms with Gasteiger partial charge in [-0.2, -0.15) is 0 Å². The summed E-state index contributed by atoms with van der Waals surface area (Å²) in [5.74, 6) is 1.05. The van der Waals surface area contributed by atoms with Gasteiger partial charge in [0.1, 0.15) is 0 Å². The Morgan fingerprint density at radius 3 is 2.53 bits per heavy atom. The second kappa shape index (κ2) is 7.57. The van der Waals surface area contributed by atoms with Crippen molar-refractivity contribution in [3.8, 4) is 0 Å². The normalized spacial score (nSPS) is 12.4. The lowest BCUT2D eigenvalue weighted by molar-refractivity contribution is 0.609. The molecule has 1 aromatic carbocycles. The van der Waals surface area contributed by atoms with Crippen LogP contribution in [0.3, 0.4) is 0 Å². The fourth-order valence-electron chi connectivity index (χ4n) is 1.51. The Balaban J connectivity index is 2.45. The highest BCUT2D eigenvalue weighted by Gasteiger charge is 2.08. The zero-order valence-electron chi connectivity index (χ0n) is 11.1. The van der Waals surface area contributed by atoms with Gasteiger partial charge in [-0.3, -0.25) is 0 Å². The van der Waals surface area contributed by atoms with E-state index in [1.165, 1.54) is 22.5 Å². The number of aryl methyl sites for hydroxylation is 1. The Morgan fingerprint density at radius 2 is 2.00 bits per heavy atom. The molecular formula is C15H23NS. The van der Waals surface area contributed by atoms with Crippen LogP contribution in [0.1, 0.15) is 25.8 Å². The Labute approximate surface area is 110 Å². The number of nitrogens with one attached hydrogen (secondary N) is 1. The molecule has 1 aromatic rings. The summed E-state index contributed by atoms with van der Waals surface area (Å²) in [5.41, 5.74) is 2.54. The first-order valence-electron chi connectivity index (χ1n) is 6.21. The van der Waals surface area contributed by atoms with Crippen LogP contribution in [0.25, 0.3) is 0 Å². The molecule has 0 heterocycles. The highest BCUT2D eigenvalue weighted by atomic mass is 32.2. The fourth-order valence-corrected chi connectivity index (χ4v) is 2.60. The van der Waals surface area contributed by atoms with Crippen molar-refractivity contribution in [2.75, 3.05) is 12.3 Å². The molecule has 1 unspecified atom stereocenters. The lowest BCUT2D eigenvalue weighted by Gasteiger charge is -2.18. The molecule has 0 amide bonds. The van der Waals surface area contributed by atoms with Gasteiger partial charge < -0.3 is 5.32 Å². The first-order valence-corrected chi connectivity index (χ1v) is 7.20. The maximum atomic E-state index is 4.06. The molecule has 1 rings (SSSR count). The Morgan fingerprint density at radius 1 is 1.35 bits per heavy atom. The van der Waals surface area contributed by atoms with Gasteiger partial charge in [-0.25, -0.2) is 0 Å². The molecule has 2 heteroatoms. The number of hydrogen-bond donors (Lipinski definition) is 1. The molecule has 0 saturated heterocycles. The van der Waals surface area contributed by atoms with Gasteiger partial charge in [0.15, 0.2) is 0 Å². The van der Waals surface area contributed by atoms with E-state index >= 15 is 0 Å². The second-order valence-electron chi connectivity index (χ2n) is 4.48. The highest BCUT2D eigenvalue weighted by molar-refractivity contribution is 7.99. The van der Waals surface area contributed by atoms with E-state index in [1.54, 1.807) is 0 Å². The number of rotatable bonds is 7. The van der Waals surface area contributed by atoms with Gasteiger partial charge in [0.2, 0.25) is 0 Å². The van der Waals surface area contributed by atoms with Gasteiger partial charge in [-0.05, 0) is 38.9 Å². The zero-order valence-corrected chi connectivity index (χ0v) is 11.9. The van der Waals surface area contributed by atoms with Gasteiger partial charge in [-0.1, -0.05) is 36.8 Å². The van der Waals surface area contributed by atoms with Crippen molar-refractivity contribution >= 4 is 11.8 Å². The van der Waals surface area contributed by atoms with Gasteiger partial charge in [-0.15, -0.1) is 11.8 Å². The Bertz CT molecular complexity index is 342. The van der Waals surface area contributed by atoms with Crippen LogP contribution in [0, 0.1) is 6.92 Å². The van der Waals surface area contributed by atoms with Crippen LogP contribution < -0.4 is 5.32 Å². The summed E-state index contributed by atoms with van der Waals surface area (Å²) >= 11 is 1.89. The molecule has 0 aliphatic heterocycles. The van der Waals surface area contributed by atoms with Crippen molar-refractivity contribution in [1.29, 1.82) is 0 Å². The predicted molar refractivity (Wildman–Crippen MR) is 78.8 cm³/mol. The van der Waals surface area contributed by atoms with E-state index in [9.17, 15) is 0 Å². The number of thioether (sulfide) groups is 1. The van der Waals surface area contributed by atoms with E-state index in [0.29, 0.717) is 6.04 Å². The SMILES string of the molecule is C=C(C)C(CSc1ccc(C)cc1)NCCC. The largest absolute Gasteiger partial charge is 0.310 e. The number of hydrogen-bond acceptors (Lipinski definition) is 2. The summed E-state index contributed by atoms with van der Waals surface area (Å²) in [4.78, 5) is 1.33. The molecular weight excluding hydrogens is 226 g/mol. The van der Waals surface area contributed by atoms with Crippen molar-refractivity contribution in [1.82, 2.24) is 5.32 Å². The van der Waals surface area contributed by atoms with E-state index in [-0.39, 0.29) is 0 Å². The highest BCUT2D eigenvalue weighted by Crippen LogP contribution is 2.20. The van der Waals surface area contributed by atoms with Crippen molar-refractivity contribution < 1.29 is 0 Å². The second-order valence-corrected chi connectivity index (χ2v) is 5.57. The van der Waals surface area contributed by atoms with Crippen molar-refractivity contribution in [2.24, 2.45) is 0 Å². The Kier molecular flexibility index (Phi) is 6.38. The van der Waals surface area contributed by atoms with Crippen LogP contribution in [0.5, 0.6) is 0 Å². The predicted octanol–water partition coefficient (Wildman–Crippen LogP) is 4.03. The van der Waals surface area contributed by atoms with Crippen LogP contribution >= 0.6 is 11.8 Å². The molecule has 94 valence electrons. The maximum absolute atomic E-state index is 4.06. The van der Waals surface area contributed by atoms with Gasteiger partial charge in [0.25, 0.3) is 0 Å². The molecule has 17 heavy (non-hydrogen) atoms. The van der Waals surface area contributed by atoms with E-state index in [0.717, 1.165) is 12.3 Å². The smallest absolute Gasteiger partial charge is 0.0369 e. The van der Waals surface area contributed by atoms with Crippen LogP contribution in [-0.2, 0) is 0 Å². The first kappa shape index (κ1) is 14.3. The third kappa shape index (κ3) is 5.42. The molecule has 0 aliphatic carbocycles. The van der Waals surface area contributed by atoms with Gasteiger partial charge >= 0.3 is 0 Å². The summed E-state index contributed by atoms with van der Waals surface area (Å²) in [6.07, 6.45) is 1.17. The van der Waals surface area contributed by atoms with E-state index < -0.39 is 0 Å². The van der Waals surface area contributed by atoms with Crippen LogP contribution in [-0.4, -0.2) is 18.3 Å². The lowest BCUT2D eigenvalue weighted by atomic mass is 10.2. The maximum Gasteiger partial charge on any atom is 0.0369 e. The topological polar surface area (TPSA) is 12.0 Å². The van der Waals surface area contributed by atoms with Crippen LogP contribution in [0.2, 0.25) is 0 Å². The summed E-state index contributed by atoms with van der Waals surface area (Å²) in [6.45, 7) is 11.5. The van der Waals surface area contributed by atoms with Crippen molar-refractivity contribution in [3.63, 3.8) is 0 Å². The minimum atomic E-state index is 0.418. The Hall–Kier alpha value is -0.730. The molecule has 0 spiro atoms. The molecule has 0 aliphatic rings. The molecule has 1 nitrogen and oxygen atoms in total. The minimum Gasteiger partial charge on any atom is -0.310 e. The first-order chi connectivity index (χ1) is 8.13. The minimum absolute atomic E-state index is 0.418. The monoisotopic (exact) mass is 249 g/mol. The van der Waals surface area contributed by atoms with E-state index in [4.69, 9.17) is 0 Å². The fraction of sp³-hybridized carbons (Fsp3) is 0.467. The molecule has 0 aromatic heterocycles. The summed E-state index contributed by atoms with van der Waals surface area (Å²) < 4.78 is 0. The molecule has 1 N–H and O–H groups in total. The van der Waals surface area contributed by atoms with Crippen molar-refractivity contribution in [3.05, 3.63) is 42.0 Å². The average molecular weight is 249 g/mol. The molecule has 0 fully saturated rings. The third-order valence-electron chi connectivity index (χ3n) is 2.67. The summed E-state index contributed by atoms with van der Waals surface area (Å²) in [7, 11) is 0. The quantitative estimate of drug-likeness (QED) is 0.578. The summed E-state index contributed by atoms with van der Waals surface area (Å²) in [6, 6.07) is 9.13. The summed E-state index contributed by atoms with van der Waals surface area (Å²) in [5, 5.41) is 3.53. The van der Waals surface area contributed by atoms with E-state index in [1.807, 2.05) is 11.8 Å². The molecule has 0 bridgehead atoms. The van der Waals surface area contributed by atoms with Gasteiger partial charge in [0, 0.05) is 16.7 Å². The van der Waals surface area contributed by atoms with Crippen LogP contribution in [0.15, 0.2) is 41.3 Å². The molecule has 0 saturated carbocycles. The van der Waals surface area contributed by atoms with E-state index in [2.05, 4.69) is 56.9 Å². The standard InChI is InChI=1S/C15H23NS/c1-5-10-16-15(12(2)3)11-17-14-8-6-13(4)7-9-14/h6-9,15-16H,2,5,10-11H2,1,3-4H3. The lowest BCUT2D eigenvalue weighted by Crippen LogP contribution is -2.32. The zero-order chi connectivity index (χ0) is 12.7. The number of benzene rings is 1. The average Bonchev–Trinajstić information content (AvgIpc) is 2.31. The molecule has 0 radical (unpaired) electrons. The van der Waals surface area contributed by atoms with Crippen LogP contribution in [0.4, 0.5) is 0 Å². The third-order valence-corrected chi connectivity index (χ3v) is 3.78.